The van der Waals surface area contributed by atoms with E-state index in [1.807, 2.05) is 0 Å². The third-order valence-corrected chi connectivity index (χ3v) is 4.23. The van der Waals surface area contributed by atoms with Crippen LogP contribution in [-0.4, -0.2) is 21.8 Å². The van der Waals surface area contributed by atoms with Gasteiger partial charge in [0.05, 0.1) is 0 Å². The lowest BCUT2D eigenvalue weighted by Gasteiger charge is -2.46. The van der Waals surface area contributed by atoms with Crippen molar-refractivity contribution in [3.05, 3.63) is 0 Å². The fraction of sp³-hybridized carbons (Fsp3) is 0.929. The molecule has 100 valence electrons. The number of rotatable bonds is 3. The normalized spacial score (nSPS) is 32.2. The Hall–Kier alpha value is -0.570. The highest BCUT2D eigenvalue weighted by Crippen LogP contribution is 2.47. The van der Waals surface area contributed by atoms with Gasteiger partial charge in [0.1, 0.15) is 0 Å². The second-order valence-corrected chi connectivity index (χ2v) is 6.90. The molecular formula is C14H26O3. The van der Waals surface area contributed by atoms with E-state index in [4.69, 9.17) is 0 Å². The summed E-state index contributed by atoms with van der Waals surface area (Å²) >= 11 is 0. The average Bonchev–Trinajstić information content (AvgIpc) is 2.12. The monoisotopic (exact) mass is 242 g/mol. The van der Waals surface area contributed by atoms with Crippen molar-refractivity contribution in [2.45, 2.75) is 59.5 Å². The van der Waals surface area contributed by atoms with E-state index in [0.717, 1.165) is 19.3 Å². The number of hydrogen-bond acceptors (Lipinski definition) is 2. The molecule has 3 heteroatoms. The molecule has 0 spiro atoms. The summed E-state index contributed by atoms with van der Waals surface area (Å²) in [4.78, 5) is 11.4. The lowest BCUT2D eigenvalue weighted by Crippen LogP contribution is -2.53. The third kappa shape index (κ3) is 2.82. The van der Waals surface area contributed by atoms with Crippen LogP contribution in [0.25, 0.3) is 0 Å². The van der Waals surface area contributed by atoms with E-state index in [2.05, 4.69) is 20.8 Å². The first-order chi connectivity index (χ1) is 7.59. The van der Waals surface area contributed by atoms with Gasteiger partial charge in [0, 0.05) is 0 Å². The molecule has 1 aliphatic carbocycles. The topological polar surface area (TPSA) is 57.5 Å². The Morgan fingerprint density at radius 3 is 2.24 bits per heavy atom. The Morgan fingerprint density at radius 2 is 1.88 bits per heavy atom. The highest BCUT2D eigenvalue weighted by Gasteiger charge is 2.50. The molecule has 1 saturated carbocycles. The largest absolute Gasteiger partial charge is 0.479 e. The number of hydrogen-bond donors (Lipinski definition) is 2. The predicted octanol–water partition coefficient (Wildman–Crippen LogP) is 2.92. The van der Waals surface area contributed by atoms with Crippen molar-refractivity contribution in [3.8, 4) is 0 Å². The second-order valence-electron chi connectivity index (χ2n) is 6.90. The molecule has 0 aliphatic heterocycles. The maximum atomic E-state index is 11.4. The summed E-state index contributed by atoms with van der Waals surface area (Å²) in [6, 6.07) is 0. The van der Waals surface area contributed by atoms with E-state index in [0.29, 0.717) is 5.92 Å². The van der Waals surface area contributed by atoms with E-state index in [9.17, 15) is 15.0 Å². The Balaban J connectivity index is 3.00. The van der Waals surface area contributed by atoms with Crippen molar-refractivity contribution in [1.29, 1.82) is 0 Å². The zero-order valence-corrected chi connectivity index (χ0v) is 11.7. The summed E-state index contributed by atoms with van der Waals surface area (Å²) in [5, 5.41) is 19.9. The van der Waals surface area contributed by atoms with Crippen LogP contribution in [0.2, 0.25) is 0 Å². The highest BCUT2D eigenvalue weighted by molar-refractivity contribution is 5.78. The van der Waals surface area contributed by atoms with E-state index in [-0.39, 0.29) is 17.3 Å². The van der Waals surface area contributed by atoms with Crippen LogP contribution in [0.5, 0.6) is 0 Å². The molecule has 1 aliphatic rings. The number of carboxylic acid groups (broad SMARTS) is 1. The zero-order valence-electron chi connectivity index (χ0n) is 11.7. The van der Waals surface area contributed by atoms with Crippen molar-refractivity contribution in [2.75, 3.05) is 0 Å². The minimum atomic E-state index is -1.58. The van der Waals surface area contributed by atoms with Gasteiger partial charge in [-0.15, -0.1) is 0 Å². The van der Waals surface area contributed by atoms with Crippen molar-refractivity contribution in [3.63, 3.8) is 0 Å². The molecule has 17 heavy (non-hydrogen) atoms. The molecular weight excluding hydrogens is 216 g/mol. The van der Waals surface area contributed by atoms with Crippen LogP contribution in [0.3, 0.4) is 0 Å². The Morgan fingerprint density at radius 1 is 1.35 bits per heavy atom. The molecule has 0 aromatic heterocycles. The van der Waals surface area contributed by atoms with E-state index in [1.54, 1.807) is 13.8 Å². The summed E-state index contributed by atoms with van der Waals surface area (Å²) < 4.78 is 0. The van der Waals surface area contributed by atoms with Crippen LogP contribution < -0.4 is 0 Å². The first kappa shape index (κ1) is 14.5. The Bertz CT molecular complexity index is 296. The molecule has 1 fully saturated rings. The lowest BCUT2D eigenvalue weighted by molar-refractivity contribution is -0.177. The van der Waals surface area contributed by atoms with Crippen molar-refractivity contribution in [2.24, 2.45) is 23.2 Å². The van der Waals surface area contributed by atoms with Crippen LogP contribution in [0.4, 0.5) is 0 Å². The van der Waals surface area contributed by atoms with Crippen molar-refractivity contribution >= 4 is 5.97 Å². The predicted molar refractivity (Wildman–Crippen MR) is 67.7 cm³/mol. The number of aliphatic hydroxyl groups is 1. The van der Waals surface area contributed by atoms with Crippen LogP contribution in [0.15, 0.2) is 0 Å². The van der Waals surface area contributed by atoms with Gasteiger partial charge in [0.25, 0.3) is 0 Å². The van der Waals surface area contributed by atoms with Gasteiger partial charge < -0.3 is 10.2 Å². The fourth-order valence-electron chi connectivity index (χ4n) is 3.57. The SMILES string of the molecule is CC1CC(C(O)(C(=O)O)C(C)C)CC(C)(C)C1. The van der Waals surface area contributed by atoms with Crippen LogP contribution in [-0.2, 0) is 4.79 Å². The minimum absolute atomic E-state index is 0.126. The van der Waals surface area contributed by atoms with Crippen LogP contribution in [0.1, 0.15) is 53.9 Å². The number of aliphatic carboxylic acids is 1. The van der Waals surface area contributed by atoms with Gasteiger partial charge in [-0.3, -0.25) is 0 Å². The molecule has 3 nitrogen and oxygen atoms in total. The number of carbonyl (C=O) groups is 1. The molecule has 0 radical (unpaired) electrons. The summed E-state index contributed by atoms with van der Waals surface area (Å²) in [7, 11) is 0. The summed E-state index contributed by atoms with van der Waals surface area (Å²) in [6.07, 6.45) is 2.71. The van der Waals surface area contributed by atoms with Crippen molar-refractivity contribution in [1.82, 2.24) is 0 Å². The Kier molecular flexibility index (Phi) is 3.92. The Labute approximate surface area is 104 Å². The standard InChI is InChI=1S/C14H26O3/c1-9(2)14(17,12(15)16)11-6-10(3)7-13(4,5)8-11/h9-11,17H,6-8H2,1-5H3,(H,15,16). The summed E-state index contributed by atoms with van der Waals surface area (Å²) in [5.41, 5.74) is -1.45. The second kappa shape index (κ2) is 4.60. The molecule has 0 amide bonds. The van der Waals surface area contributed by atoms with Gasteiger partial charge in [-0.05, 0) is 42.4 Å². The van der Waals surface area contributed by atoms with E-state index < -0.39 is 11.6 Å². The molecule has 0 aromatic carbocycles. The summed E-state index contributed by atoms with van der Waals surface area (Å²) in [6.45, 7) is 10.1. The first-order valence-corrected chi connectivity index (χ1v) is 6.55. The van der Waals surface area contributed by atoms with Crippen molar-refractivity contribution < 1.29 is 15.0 Å². The van der Waals surface area contributed by atoms with Crippen LogP contribution in [0, 0.1) is 23.2 Å². The highest BCUT2D eigenvalue weighted by atomic mass is 16.4. The minimum Gasteiger partial charge on any atom is -0.479 e. The molecule has 2 N–H and O–H groups in total. The van der Waals surface area contributed by atoms with Gasteiger partial charge in [0.15, 0.2) is 5.60 Å². The smallest absolute Gasteiger partial charge is 0.336 e. The molecule has 3 unspecified atom stereocenters. The van der Waals surface area contributed by atoms with E-state index in [1.165, 1.54) is 0 Å². The maximum absolute atomic E-state index is 11.4. The summed E-state index contributed by atoms with van der Waals surface area (Å²) in [5.74, 6) is -0.986. The van der Waals surface area contributed by atoms with Gasteiger partial charge in [-0.25, -0.2) is 4.79 Å². The molecule has 0 saturated heterocycles. The average molecular weight is 242 g/mol. The van der Waals surface area contributed by atoms with Gasteiger partial charge in [-0.2, -0.15) is 0 Å². The van der Waals surface area contributed by atoms with E-state index >= 15 is 0 Å². The molecule has 0 bridgehead atoms. The molecule has 0 heterocycles. The van der Waals surface area contributed by atoms with Crippen LogP contribution >= 0.6 is 0 Å². The van der Waals surface area contributed by atoms with Gasteiger partial charge >= 0.3 is 5.97 Å². The molecule has 0 aromatic rings. The lowest BCUT2D eigenvalue weighted by atomic mass is 9.61. The first-order valence-electron chi connectivity index (χ1n) is 6.55. The quantitative estimate of drug-likeness (QED) is 0.800. The number of carboxylic acids is 1. The fourth-order valence-corrected chi connectivity index (χ4v) is 3.57. The molecule has 3 atom stereocenters. The zero-order chi connectivity index (χ0) is 13.4. The third-order valence-electron chi connectivity index (χ3n) is 4.23. The van der Waals surface area contributed by atoms with Gasteiger partial charge in [0.2, 0.25) is 0 Å². The maximum Gasteiger partial charge on any atom is 0.336 e. The van der Waals surface area contributed by atoms with Gasteiger partial charge in [-0.1, -0.05) is 34.6 Å². The molecule has 1 rings (SSSR count).